The lowest BCUT2D eigenvalue weighted by Crippen LogP contribution is -2.43. The van der Waals surface area contributed by atoms with Gasteiger partial charge >= 0.3 is 5.97 Å². The van der Waals surface area contributed by atoms with Crippen LogP contribution in [0.25, 0.3) is 0 Å². The molecule has 1 atom stereocenters. The summed E-state index contributed by atoms with van der Waals surface area (Å²) in [5.41, 5.74) is 0.466. The van der Waals surface area contributed by atoms with Gasteiger partial charge in [0.05, 0.1) is 19.2 Å². The van der Waals surface area contributed by atoms with Gasteiger partial charge < -0.3 is 19.9 Å². The van der Waals surface area contributed by atoms with Crippen LogP contribution >= 0.6 is 0 Å². The van der Waals surface area contributed by atoms with E-state index < -0.39 is 0 Å². The van der Waals surface area contributed by atoms with Gasteiger partial charge in [0.1, 0.15) is 0 Å². The van der Waals surface area contributed by atoms with E-state index in [1.54, 1.807) is 27.0 Å². The largest absolute Gasteiger partial charge is 0.463 e. The molecule has 0 spiro atoms. The van der Waals surface area contributed by atoms with Crippen LogP contribution in [0.3, 0.4) is 0 Å². The van der Waals surface area contributed by atoms with E-state index in [2.05, 4.69) is 38.0 Å². The van der Waals surface area contributed by atoms with E-state index in [1.807, 2.05) is 50.2 Å². The van der Waals surface area contributed by atoms with Crippen LogP contribution in [0.15, 0.2) is 48.0 Å². The molecular formula is C29H51N3O4. The summed E-state index contributed by atoms with van der Waals surface area (Å²) in [7, 11) is 3.82. The number of hydrogen-bond donors (Lipinski definition) is 1. The highest BCUT2D eigenvalue weighted by molar-refractivity contribution is 5.88. The van der Waals surface area contributed by atoms with Crippen LogP contribution in [0.5, 0.6) is 0 Å². The molecule has 1 aliphatic rings. The van der Waals surface area contributed by atoms with E-state index in [9.17, 15) is 14.4 Å². The van der Waals surface area contributed by atoms with E-state index in [-0.39, 0.29) is 30.4 Å². The highest BCUT2D eigenvalue weighted by Gasteiger charge is 2.22. The molecule has 2 amide bonds. The molecule has 0 unspecified atom stereocenters. The number of carbonyl (C=O) groups is 3. The minimum Gasteiger partial charge on any atom is -0.463 e. The van der Waals surface area contributed by atoms with Crippen LogP contribution in [-0.4, -0.2) is 74.5 Å². The molecule has 1 heterocycles. The Hall–Kier alpha value is -2.67. The molecule has 0 aromatic heterocycles. The summed E-state index contributed by atoms with van der Waals surface area (Å²) in [4.78, 5) is 37.6. The Bertz CT molecular complexity index is 685. The molecule has 1 N–H and O–H groups in total. The number of nitrogens with one attached hydrogen (secondary N) is 1. The maximum Gasteiger partial charge on any atom is 0.333 e. The molecule has 0 saturated carbocycles. The van der Waals surface area contributed by atoms with Gasteiger partial charge in [0.25, 0.3) is 0 Å². The molecule has 1 fully saturated rings. The fraction of sp³-hybridized carbons (Fsp3) is 0.621. The third-order valence-corrected chi connectivity index (χ3v) is 4.87. The van der Waals surface area contributed by atoms with Gasteiger partial charge in [0.2, 0.25) is 12.3 Å². The minimum atomic E-state index is -0.384. The summed E-state index contributed by atoms with van der Waals surface area (Å²) >= 11 is 0. The van der Waals surface area contributed by atoms with Crippen molar-refractivity contribution in [1.82, 2.24) is 15.1 Å². The van der Waals surface area contributed by atoms with E-state index in [4.69, 9.17) is 4.74 Å². The average molecular weight is 506 g/mol. The van der Waals surface area contributed by atoms with Crippen LogP contribution in [0, 0.1) is 11.8 Å². The van der Waals surface area contributed by atoms with E-state index >= 15 is 0 Å². The molecule has 36 heavy (non-hydrogen) atoms. The summed E-state index contributed by atoms with van der Waals surface area (Å²) in [6.07, 6.45) is 5.03. The number of amides is 2. The molecule has 0 bridgehead atoms. The summed E-state index contributed by atoms with van der Waals surface area (Å²) in [6, 6.07) is 11.8. The van der Waals surface area contributed by atoms with Crippen molar-refractivity contribution in [2.45, 2.75) is 67.3 Å². The second-order valence-electron chi connectivity index (χ2n) is 9.71. The highest BCUT2D eigenvalue weighted by atomic mass is 16.5. The maximum atomic E-state index is 11.9. The second kappa shape index (κ2) is 22.8. The van der Waals surface area contributed by atoms with Crippen LogP contribution in [-0.2, 0) is 19.1 Å². The lowest BCUT2D eigenvalue weighted by atomic mass is 10.00. The summed E-state index contributed by atoms with van der Waals surface area (Å²) < 4.78 is 4.92. The Morgan fingerprint density at radius 3 is 1.75 bits per heavy atom. The molecule has 0 aliphatic carbocycles. The molecule has 1 saturated heterocycles. The van der Waals surface area contributed by atoms with Crippen LogP contribution in [0.2, 0.25) is 0 Å². The Balaban J connectivity index is 0. The molecule has 1 aromatic carbocycles. The van der Waals surface area contributed by atoms with Crippen molar-refractivity contribution in [1.29, 1.82) is 0 Å². The number of hydrogen-bond acceptors (Lipinski definition) is 5. The monoisotopic (exact) mass is 505 g/mol. The molecule has 7 heteroatoms. The Morgan fingerprint density at radius 2 is 1.44 bits per heavy atom. The molecule has 1 aliphatic heterocycles. The standard InChI is InChI=1S/C14H24N2O4.C6H6.C5H11N.C4H10/c1-6-20-14(19)11(4)7-12(10(2)3)16(5)13(18)8-15-9-17;1-2-4-6-5-3-1;1-6-4-2-3-5-6;1-4(2)3/h7,9-10,12H,6,8H2,1-5H3,(H,15,17);1-6H;2-5H2,1H3;4H,1-3H3/b11-7+;;;/t12-;;;/m1.../s1. The van der Waals surface area contributed by atoms with Crippen molar-refractivity contribution >= 4 is 18.3 Å². The molecule has 2 rings (SSSR count). The average Bonchev–Trinajstić information content (AvgIpc) is 3.32. The molecule has 1 aromatic rings. The van der Waals surface area contributed by atoms with Gasteiger partial charge in [-0.2, -0.15) is 0 Å². The number of esters is 1. The van der Waals surface area contributed by atoms with Crippen molar-refractivity contribution < 1.29 is 19.1 Å². The zero-order chi connectivity index (χ0) is 27.9. The van der Waals surface area contributed by atoms with Gasteiger partial charge in [0.15, 0.2) is 0 Å². The Morgan fingerprint density at radius 1 is 1.00 bits per heavy atom. The van der Waals surface area contributed by atoms with Crippen molar-refractivity contribution in [3.05, 3.63) is 48.0 Å². The van der Waals surface area contributed by atoms with Gasteiger partial charge in [-0.25, -0.2) is 4.79 Å². The fourth-order valence-corrected chi connectivity index (χ4v) is 3.00. The van der Waals surface area contributed by atoms with Gasteiger partial charge in [-0.15, -0.1) is 0 Å². The van der Waals surface area contributed by atoms with Crippen LogP contribution in [0.1, 0.15) is 61.3 Å². The maximum absolute atomic E-state index is 11.9. The number of likely N-dealkylation sites (N-methyl/N-ethyl adjacent to an activating group) is 1. The van der Waals surface area contributed by atoms with Crippen LogP contribution in [0.4, 0.5) is 0 Å². The van der Waals surface area contributed by atoms with Crippen molar-refractivity contribution in [2.75, 3.05) is 40.3 Å². The molecule has 206 valence electrons. The first-order chi connectivity index (χ1) is 17.0. The third-order valence-electron chi connectivity index (χ3n) is 4.87. The van der Waals surface area contributed by atoms with Gasteiger partial charge in [-0.3, -0.25) is 9.59 Å². The Labute approximate surface area is 220 Å². The summed E-state index contributed by atoms with van der Waals surface area (Å²) in [5.74, 6) is 0.360. The highest BCUT2D eigenvalue weighted by Crippen LogP contribution is 2.14. The van der Waals surface area contributed by atoms with Gasteiger partial charge in [-0.05, 0) is 58.7 Å². The first kappa shape index (κ1) is 35.5. The van der Waals surface area contributed by atoms with E-state index in [0.717, 1.165) is 5.92 Å². The predicted octanol–water partition coefficient (Wildman–Crippen LogP) is 4.79. The quantitative estimate of drug-likeness (QED) is 0.312. The molecular weight excluding hydrogens is 454 g/mol. The number of rotatable bonds is 8. The lowest BCUT2D eigenvalue weighted by Gasteiger charge is -2.29. The molecule has 0 radical (unpaired) electrons. The third kappa shape index (κ3) is 20.7. The second-order valence-corrected chi connectivity index (χ2v) is 9.71. The first-order valence-corrected chi connectivity index (χ1v) is 12.9. The number of nitrogens with zero attached hydrogens (tertiary/aromatic N) is 2. The Kier molecular flexibility index (Phi) is 22.5. The summed E-state index contributed by atoms with van der Waals surface area (Å²) in [5, 5.41) is 2.34. The SMILES string of the molecule is CC(C)C.CCOC(=O)/C(C)=C/[C@H](C(C)C)N(C)C(=O)CNC=O.CN1CCCC1.c1ccccc1. The fourth-order valence-electron chi connectivity index (χ4n) is 3.00. The number of ether oxygens (including phenoxy) is 1. The van der Waals surface area contributed by atoms with Crippen molar-refractivity contribution in [3.8, 4) is 0 Å². The first-order valence-electron chi connectivity index (χ1n) is 12.9. The van der Waals surface area contributed by atoms with Gasteiger partial charge in [-0.1, -0.05) is 77.1 Å². The summed E-state index contributed by atoms with van der Waals surface area (Å²) in [6.45, 7) is 16.7. The molecule has 7 nitrogen and oxygen atoms in total. The van der Waals surface area contributed by atoms with E-state index in [1.165, 1.54) is 30.8 Å². The predicted molar refractivity (Wildman–Crippen MR) is 150 cm³/mol. The van der Waals surface area contributed by atoms with Crippen molar-refractivity contribution in [2.24, 2.45) is 11.8 Å². The van der Waals surface area contributed by atoms with E-state index in [0.29, 0.717) is 18.6 Å². The zero-order valence-electron chi connectivity index (χ0n) is 24.1. The van der Waals surface area contributed by atoms with Crippen LogP contribution < -0.4 is 5.32 Å². The number of benzene rings is 1. The number of carbonyl (C=O) groups excluding carboxylic acids is 3. The lowest BCUT2D eigenvalue weighted by molar-refractivity contribution is -0.138. The smallest absolute Gasteiger partial charge is 0.333 e. The topological polar surface area (TPSA) is 79.0 Å². The normalized spacial score (nSPS) is 13.7. The minimum absolute atomic E-state index is 0.0600. The van der Waals surface area contributed by atoms with Crippen molar-refractivity contribution in [3.63, 3.8) is 0 Å². The zero-order valence-corrected chi connectivity index (χ0v) is 24.1. The number of likely N-dealkylation sites (tertiary alicyclic amines) is 1. The van der Waals surface area contributed by atoms with Gasteiger partial charge in [0, 0.05) is 12.6 Å².